The van der Waals surface area contributed by atoms with Crippen LogP contribution >= 0.6 is 0 Å². The lowest BCUT2D eigenvalue weighted by atomic mass is 10.2. The fourth-order valence-corrected chi connectivity index (χ4v) is 2.66. The van der Waals surface area contributed by atoms with E-state index in [0.717, 1.165) is 35.8 Å². The van der Waals surface area contributed by atoms with Crippen molar-refractivity contribution < 1.29 is 0 Å². The minimum atomic E-state index is 0.675. The number of rotatable bonds is 0. The zero-order chi connectivity index (χ0) is 17.6. The Bertz CT molecular complexity index is 885. The summed E-state index contributed by atoms with van der Waals surface area (Å²) in [6.07, 6.45) is 0. The first-order valence-electron chi connectivity index (χ1n) is 8.48. The van der Waals surface area contributed by atoms with Crippen LogP contribution in [0.15, 0.2) is 93.3 Å². The molecule has 2 N–H and O–H groups in total. The van der Waals surface area contributed by atoms with Gasteiger partial charge in [0.15, 0.2) is 0 Å². The van der Waals surface area contributed by atoms with Crippen LogP contribution in [0.1, 0.15) is 0 Å². The van der Waals surface area contributed by atoms with E-state index in [2.05, 4.69) is 31.1 Å². The fraction of sp³-hybridized carbons (Fsp3) is 0.100. The molecule has 0 fully saturated rings. The van der Waals surface area contributed by atoms with Crippen LogP contribution in [0.3, 0.4) is 0 Å². The standard InChI is InChI=1S/C20H18N6/c1-3-9-17-15(7-1)21-13-14-22-16-8-2-4-10-18(16)24-26-20-12-6-5-11-19(20)25-23-17/h1-12,21-22H,13-14H2. The van der Waals surface area contributed by atoms with E-state index in [1.807, 2.05) is 72.8 Å². The maximum absolute atomic E-state index is 4.40. The third-order valence-corrected chi connectivity index (χ3v) is 3.98. The van der Waals surface area contributed by atoms with Crippen molar-refractivity contribution in [3.05, 3.63) is 72.8 Å². The van der Waals surface area contributed by atoms with E-state index < -0.39 is 0 Å². The lowest BCUT2D eigenvalue weighted by Crippen LogP contribution is -2.13. The van der Waals surface area contributed by atoms with E-state index in [1.54, 1.807) is 0 Å². The van der Waals surface area contributed by atoms with Crippen molar-refractivity contribution >= 4 is 34.1 Å². The minimum Gasteiger partial charge on any atom is -0.381 e. The molecule has 1 heterocycles. The van der Waals surface area contributed by atoms with Gasteiger partial charge < -0.3 is 10.6 Å². The second-order valence-corrected chi connectivity index (χ2v) is 5.78. The van der Waals surface area contributed by atoms with E-state index in [4.69, 9.17) is 0 Å². The van der Waals surface area contributed by atoms with Crippen LogP contribution in [0.2, 0.25) is 0 Å². The number of anilines is 2. The molecule has 128 valence electrons. The van der Waals surface area contributed by atoms with Gasteiger partial charge in [0.25, 0.3) is 0 Å². The van der Waals surface area contributed by atoms with Gasteiger partial charge in [-0.25, -0.2) is 0 Å². The van der Waals surface area contributed by atoms with E-state index in [0.29, 0.717) is 11.4 Å². The van der Waals surface area contributed by atoms with Crippen LogP contribution in [0.5, 0.6) is 0 Å². The average Bonchev–Trinajstić information content (AvgIpc) is 2.69. The summed E-state index contributed by atoms with van der Waals surface area (Å²) >= 11 is 0. The normalized spacial score (nSPS) is 13.4. The molecule has 3 aromatic rings. The largest absolute Gasteiger partial charge is 0.381 e. The third kappa shape index (κ3) is 3.59. The highest BCUT2D eigenvalue weighted by Crippen LogP contribution is 2.34. The van der Waals surface area contributed by atoms with Gasteiger partial charge in [0.05, 0.1) is 11.4 Å². The summed E-state index contributed by atoms with van der Waals surface area (Å²) in [5.41, 5.74) is 4.82. The predicted octanol–water partition coefficient (Wildman–Crippen LogP) is 6.35. The van der Waals surface area contributed by atoms with Crippen molar-refractivity contribution in [1.29, 1.82) is 0 Å². The predicted molar refractivity (Wildman–Crippen MR) is 105 cm³/mol. The maximum Gasteiger partial charge on any atom is 0.113 e. The first-order valence-corrected chi connectivity index (χ1v) is 8.48. The van der Waals surface area contributed by atoms with Gasteiger partial charge in [0.2, 0.25) is 0 Å². The molecule has 4 rings (SSSR count). The number of nitrogens with zero attached hydrogens (tertiary/aromatic N) is 4. The SMILES string of the molecule is c1ccc2c(c1)N=Nc1ccccc1NCCNc1ccccc1N=N2. The van der Waals surface area contributed by atoms with Gasteiger partial charge in [0.1, 0.15) is 22.7 Å². The summed E-state index contributed by atoms with van der Waals surface area (Å²) in [5.74, 6) is 0. The number of azo groups is 2. The Labute approximate surface area is 151 Å². The quantitative estimate of drug-likeness (QED) is 0.499. The lowest BCUT2D eigenvalue weighted by molar-refractivity contribution is 1.07. The fourth-order valence-electron chi connectivity index (χ4n) is 2.66. The number of fused-ring (bicyclic) bond motifs is 3. The zero-order valence-electron chi connectivity index (χ0n) is 14.1. The molecule has 0 unspecified atom stereocenters. The highest BCUT2D eigenvalue weighted by Gasteiger charge is 2.05. The Morgan fingerprint density at radius 3 is 1.27 bits per heavy atom. The van der Waals surface area contributed by atoms with Crippen molar-refractivity contribution in [2.24, 2.45) is 20.5 Å². The summed E-state index contributed by atoms with van der Waals surface area (Å²) < 4.78 is 0. The monoisotopic (exact) mass is 342 g/mol. The van der Waals surface area contributed by atoms with E-state index in [-0.39, 0.29) is 0 Å². The van der Waals surface area contributed by atoms with Crippen LogP contribution < -0.4 is 10.6 Å². The van der Waals surface area contributed by atoms with Gasteiger partial charge >= 0.3 is 0 Å². The molecule has 6 heteroatoms. The molecule has 0 radical (unpaired) electrons. The molecule has 6 nitrogen and oxygen atoms in total. The molecule has 0 amide bonds. The number of hydrogen-bond donors (Lipinski definition) is 2. The van der Waals surface area contributed by atoms with Gasteiger partial charge in [-0.15, -0.1) is 20.5 Å². The number of hydrogen-bond acceptors (Lipinski definition) is 6. The zero-order valence-corrected chi connectivity index (χ0v) is 14.1. The van der Waals surface area contributed by atoms with Gasteiger partial charge in [-0.2, -0.15) is 0 Å². The number of nitrogens with one attached hydrogen (secondary N) is 2. The van der Waals surface area contributed by atoms with Crippen molar-refractivity contribution in [3.63, 3.8) is 0 Å². The molecule has 0 spiro atoms. The molecule has 26 heavy (non-hydrogen) atoms. The molecule has 0 saturated carbocycles. The van der Waals surface area contributed by atoms with Crippen LogP contribution in [0, 0.1) is 0 Å². The van der Waals surface area contributed by atoms with Gasteiger partial charge in [-0.1, -0.05) is 36.4 Å². The van der Waals surface area contributed by atoms with E-state index >= 15 is 0 Å². The molecule has 0 aliphatic carbocycles. The molecule has 1 aliphatic heterocycles. The Morgan fingerprint density at radius 2 is 0.808 bits per heavy atom. The van der Waals surface area contributed by atoms with Crippen LogP contribution in [0.25, 0.3) is 0 Å². The molecule has 3 aromatic carbocycles. The molecule has 0 bridgehead atoms. The highest BCUT2D eigenvalue weighted by molar-refractivity contribution is 5.68. The summed E-state index contributed by atoms with van der Waals surface area (Å²) in [7, 11) is 0. The van der Waals surface area contributed by atoms with Crippen molar-refractivity contribution in [3.8, 4) is 0 Å². The van der Waals surface area contributed by atoms with Crippen LogP contribution in [-0.4, -0.2) is 13.1 Å². The van der Waals surface area contributed by atoms with Gasteiger partial charge in [-0.05, 0) is 36.4 Å². The molecule has 0 aromatic heterocycles. The number of para-hydroxylation sites is 2. The van der Waals surface area contributed by atoms with Gasteiger partial charge in [-0.3, -0.25) is 0 Å². The maximum atomic E-state index is 4.40. The number of benzene rings is 3. The summed E-state index contributed by atoms with van der Waals surface area (Å²) in [4.78, 5) is 0. The smallest absolute Gasteiger partial charge is 0.113 e. The third-order valence-electron chi connectivity index (χ3n) is 3.98. The van der Waals surface area contributed by atoms with E-state index in [1.165, 1.54) is 0 Å². The Hall–Kier alpha value is -3.54. The Morgan fingerprint density at radius 1 is 0.462 bits per heavy atom. The molecular weight excluding hydrogens is 324 g/mol. The second-order valence-electron chi connectivity index (χ2n) is 5.78. The minimum absolute atomic E-state index is 0.675. The summed E-state index contributed by atoms with van der Waals surface area (Å²) in [5, 5.41) is 24.4. The Kier molecular flexibility index (Phi) is 4.64. The van der Waals surface area contributed by atoms with Crippen molar-refractivity contribution in [1.82, 2.24) is 0 Å². The first kappa shape index (κ1) is 16.0. The van der Waals surface area contributed by atoms with Crippen molar-refractivity contribution in [2.45, 2.75) is 0 Å². The topological polar surface area (TPSA) is 73.5 Å². The molecule has 1 aliphatic rings. The average molecular weight is 342 g/mol. The van der Waals surface area contributed by atoms with Crippen LogP contribution in [0.4, 0.5) is 34.1 Å². The lowest BCUT2D eigenvalue weighted by Gasteiger charge is -2.12. The summed E-state index contributed by atoms with van der Waals surface area (Å²) in [6.45, 7) is 1.49. The van der Waals surface area contributed by atoms with E-state index in [9.17, 15) is 0 Å². The molecular formula is C20H18N6. The van der Waals surface area contributed by atoms with Crippen molar-refractivity contribution in [2.75, 3.05) is 23.7 Å². The second kappa shape index (κ2) is 7.57. The Balaban J connectivity index is 1.78. The highest BCUT2D eigenvalue weighted by atomic mass is 15.2. The molecule has 0 saturated heterocycles. The summed E-state index contributed by atoms with van der Waals surface area (Å²) in [6, 6.07) is 23.3. The van der Waals surface area contributed by atoms with Crippen LogP contribution in [-0.2, 0) is 0 Å². The first-order chi connectivity index (χ1) is 12.9. The molecule has 0 atom stereocenters. The van der Waals surface area contributed by atoms with Gasteiger partial charge in [0, 0.05) is 13.1 Å².